The number of nitrogens with one attached hydrogen (secondary N) is 1. The molecule has 2 unspecified atom stereocenters. The molecule has 3 N–H and O–H groups in total. The number of likely N-dealkylation sites (tertiary alicyclic amines) is 1. The van der Waals surface area contributed by atoms with E-state index in [0.717, 1.165) is 49.2 Å². The maximum Gasteiger partial charge on any atom is 0.226 e. The first-order chi connectivity index (χ1) is 18.2. The number of aromatic nitrogens is 2. The number of hydrogen-bond acceptors (Lipinski definition) is 6. The molecular formula is C31H54N6. The van der Waals surface area contributed by atoms with Crippen molar-refractivity contribution in [2.75, 3.05) is 42.1 Å². The molecule has 1 aromatic rings. The Hall–Kier alpha value is -1.56. The van der Waals surface area contributed by atoms with Gasteiger partial charge in [0.25, 0.3) is 0 Å². The van der Waals surface area contributed by atoms with E-state index < -0.39 is 0 Å². The van der Waals surface area contributed by atoms with Crippen molar-refractivity contribution >= 4 is 17.6 Å². The Labute approximate surface area is 226 Å². The lowest BCUT2D eigenvalue weighted by Gasteiger charge is -2.35. The number of rotatable bonds is 13. The van der Waals surface area contributed by atoms with Gasteiger partial charge in [-0.1, -0.05) is 90.4 Å². The van der Waals surface area contributed by atoms with Crippen LogP contribution < -0.4 is 16.0 Å². The largest absolute Gasteiger partial charge is 0.383 e. The molecule has 3 heterocycles. The third-order valence-electron chi connectivity index (χ3n) is 10.1. The van der Waals surface area contributed by atoms with E-state index in [9.17, 15) is 0 Å². The molecule has 6 nitrogen and oxygen atoms in total. The summed E-state index contributed by atoms with van der Waals surface area (Å²) in [6.07, 6.45) is 24.3. The number of unbranched alkanes of at least 4 members (excludes halogenated alkanes) is 3. The zero-order chi connectivity index (χ0) is 25.5. The highest BCUT2D eigenvalue weighted by molar-refractivity contribution is 5.53. The quantitative estimate of drug-likeness (QED) is 0.282. The second-order valence-corrected chi connectivity index (χ2v) is 12.9. The first-order valence-corrected chi connectivity index (χ1v) is 16.1. The summed E-state index contributed by atoms with van der Waals surface area (Å²) >= 11 is 0. The molecule has 5 rings (SSSR count). The second-order valence-electron chi connectivity index (χ2n) is 12.9. The van der Waals surface area contributed by atoms with E-state index in [1.807, 2.05) is 6.07 Å². The number of nitrogen functional groups attached to an aromatic ring is 1. The number of nitrogens with zero attached hydrogens (tertiary/aromatic N) is 4. The molecular weight excluding hydrogens is 456 g/mol. The van der Waals surface area contributed by atoms with Gasteiger partial charge in [0.1, 0.15) is 11.6 Å². The van der Waals surface area contributed by atoms with E-state index in [0.29, 0.717) is 17.9 Å². The summed E-state index contributed by atoms with van der Waals surface area (Å²) in [5.41, 5.74) is 6.21. The lowest BCUT2D eigenvalue weighted by atomic mass is 9.79. The molecule has 2 bridgehead atoms. The minimum Gasteiger partial charge on any atom is -0.383 e. The highest BCUT2D eigenvalue weighted by Crippen LogP contribution is 2.35. The topological polar surface area (TPSA) is 70.3 Å². The Bertz CT molecular complexity index is 816. The third kappa shape index (κ3) is 7.52. The SMILES string of the molecule is CCCN1CC2CC1CN2c1cc(N)nc(NCC2CCC(CCCCCCC3CCCCC3)CC2)n1. The van der Waals surface area contributed by atoms with Crippen molar-refractivity contribution in [3.63, 3.8) is 0 Å². The van der Waals surface area contributed by atoms with Crippen LogP contribution in [0.15, 0.2) is 6.07 Å². The molecule has 1 aromatic heterocycles. The van der Waals surface area contributed by atoms with Gasteiger partial charge in [-0.25, -0.2) is 0 Å². The molecule has 4 aliphatic rings. The highest BCUT2D eigenvalue weighted by Gasteiger charge is 2.43. The van der Waals surface area contributed by atoms with Gasteiger partial charge in [-0.15, -0.1) is 0 Å². The minimum atomic E-state index is 0.575. The number of nitrogens with two attached hydrogens (primary N) is 1. The summed E-state index contributed by atoms with van der Waals surface area (Å²) in [6.45, 7) is 6.71. The van der Waals surface area contributed by atoms with Crippen molar-refractivity contribution in [2.24, 2.45) is 17.8 Å². The molecule has 4 fully saturated rings. The fourth-order valence-corrected chi connectivity index (χ4v) is 7.93. The molecule has 2 saturated heterocycles. The van der Waals surface area contributed by atoms with Gasteiger partial charge in [-0.3, -0.25) is 4.90 Å². The van der Waals surface area contributed by atoms with Crippen LogP contribution in [0.25, 0.3) is 0 Å². The van der Waals surface area contributed by atoms with Crippen molar-refractivity contribution in [3.05, 3.63) is 6.07 Å². The summed E-state index contributed by atoms with van der Waals surface area (Å²) < 4.78 is 0. The standard InChI is InChI=1S/C31H54N6/c1-2-18-36-22-28-19-27(36)23-37(28)30-20-29(32)34-31(35-30)33-21-26-16-14-25(15-17-26)13-7-4-3-6-10-24-11-8-5-9-12-24/h20,24-28H,2-19,21-23H2,1H3,(H3,32,33,34,35). The normalized spacial score (nSPS) is 28.7. The van der Waals surface area contributed by atoms with Crippen LogP contribution in [0.5, 0.6) is 0 Å². The average Bonchev–Trinajstić information content (AvgIpc) is 3.52. The molecule has 37 heavy (non-hydrogen) atoms. The second kappa shape index (κ2) is 13.5. The zero-order valence-corrected chi connectivity index (χ0v) is 23.7. The zero-order valence-electron chi connectivity index (χ0n) is 23.7. The van der Waals surface area contributed by atoms with Crippen LogP contribution in [0, 0.1) is 17.8 Å². The van der Waals surface area contributed by atoms with Crippen LogP contribution in [0.2, 0.25) is 0 Å². The predicted octanol–water partition coefficient (Wildman–Crippen LogP) is 6.87. The first-order valence-electron chi connectivity index (χ1n) is 16.1. The van der Waals surface area contributed by atoms with Crippen LogP contribution in [0.3, 0.4) is 0 Å². The van der Waals surface area contributed by atoms with E-state index in [2.05, 4.69) is 27.0 Å². The molecule has 0 amide bonds. The summed E-state index contributed by atoms with van der Waals surface area (Å²) in [4.78, 5) is 14.6. The minimum absolute atomic E-state index is 0.575. The maximum atomic E-state index is 6.21. The summed E-state index contributed by atoms with van der Waals surface area (Å²) in [6, 6.07) is 3.22. The molecule has 2 atom stereocenters. The smallest absolute Gasteiger partial charge is 0.226 e. The molecule has 0 spiro atoms. The molecule has 0 aromatic carbocycles. The van der Waals surface area contributed by atoms with Crippen LogP contribution in [0.1, 0.15) is 116 Å². The van der Waals surface area contributed by atoms with Gasteiger partial charge < -0.3 is 16.0 Å². The third-order valence-corrected chi connectivity index (χ3v) is 10.1. The van der Waals surface area contributed by atoms with E-state index in [1.165, 1.54) is 116 Å². The summed E-state index contributed by atoms with van der Waals surface area (Å²) in [5.74, 6) is 5.09. The van der Waals surface area contributed by atoms with Gasteiger partial charge in [-0.2, -0.15) is 9.97 Å². The number of anilines is 3. The van der Waals surface area contributed by atoms with E-state index >= 15 is 0 Å². The average molecular weight is 511 g/mol. The Morgan fingerprint density at radius 1 is 0.838 bits per heavy atom. The lowest BCUT2D eigenvalue weighted by Crippen LogP contribution is -2.47. The Morgan fingerprint density at radius 3 is 2.22 bits per heavy atom. The van der Waals surface area contributed by atoms with Crippen molar-refractivity contribution in [3.8, 4) is 0 Å². The molecule has 0 radical (unpaired) electrons. The van der Waals surface area contributed by atoms with Gasteiger partial charge in [-0.05, 0) is 50.0 Å². The predicted molar refractivity (Wildman–Crippen MR) is 156 cm³/mol. The van der Waals surface area contributed by atoms with E-state index in [4.69, 9.17) is 10.7 Å². The van der Waals surface area contributed by atoms with E-state index in [1.54, 1.807) is 0 Å². The number of hydrogen-bond donors (Lipinski definition) is 2. The van der Waals surface area contributed by atoms with Gasteiger partial charge in [0, 0.05) is 37.8 Å². The van der Waals surface area contributed by atoms with Crippen molar-refractivity contribution < 1.29 is 0 Å². The Balaban J connectivity index is 0.970. The summed E-state index contributed by atoms with van der Waals surface area (Å²) in [5, 5.41) is 3.56. The molecule has 2 saturated carbocycles. The molecule has 6 heteroatoms. The fraction of sp³-hybridized carbons (Fsp3) is 0.871. The van der Waals surface area contributed by atoms with E-state index in [-0.39, 0.29) is 0 Å². The highest BCUT2D eigenvalue weighted by atomic mass is 15.4. The maximum absolute atomic E-state index is 6.21. The Morgan fingerprint density at radius 2 is 1.54 bits per heavy atom. The molecule has 208 valence electrons. The molecule has 2 aliphatic carbocycles. The van der Waals surface area contributed by atoms with Crippen molar-refractivity contribution in [1.82, 2.24) is 14.9 Å². The summed E-state index contributed by atoms with van der Waals surface area (Å²) in [7, 11) is 0. The van der Waals surface area contributed by atoms with Crippen molar-refractivity contribution in [2.45, 2.75) is 128 Å². The van der Waals surface area contributed by atoms with Gasteiger partial charge in [0.2, 0.25) is 5.95 Å². The fourth-order valence-electron chi connectivity index (χ4n) is 7.93. The van der Waals surface area contributed by atoms with Crippen molar-refractivity contribution in [1.29, 1.82) is 0 Å². The van der Waals surface area contributed by atoms with Crippen LogP contribution >= 0.6 is 0 Å². The van der Waals surface area contributed by atoms with Crippen LogP contribution in [-0.4, -0.2) is 53.1 Å². The number of fused-ring (bicyclic) bond motifs is 2. The van der Waals surface area contributed by atoms with Crippen LogP contribution in [-0.2, 0) is 0 Å². The lowest BCUT2D eigenvalue weighted by molar-refractivity contribution is 0.239. The van der Waals surface area contributed by atoms with Gasteiger partial charge in [0.05, 0.1) is 0 Å². The Kier molecular flexibility index (Phi) is 9.85. The monoisotopic (exact) mass is 510 g/mol. The number of piperazine rings is 1. The van der Waals surface area contributed by atoms with Crippen LogP contribution in [0.4, 0.5) is 17.6 Å². The van der Waals surface area contributed by atoms with Gasteiger partial charge in [0.15, 0.2) is 0 Å². The first kappa shape index (κ1) is 27.0. The molecule has 2 aliphatic heterocycles. The van der Waals surface area contributed by atoms with Gasteiger partial charge >= 0.3 is 0 Å².